The highest BCUT2D eigenvalue weighted by atomic mass is 79.9. The van der Waals surface area contributed by atoms with Crippen LogP contribution in [0.5, 0.6) is 11.5 Å². The maximum Gasteiger partial charge on any atom is 0.161 e. The number of anilines is 1. The number of methoxy groups -OCH3 is 2. The molecule has 0 saturated heterocycles. The largest absolute Gasteiger partial charge is 0.493 e. The van der Waals surface area contributed by atoms with Crippen molar-refractivity contribution in [3.63, 3.8) is 0 Å². The zero-order valence-electron chi connectivity index (χ0n) is 14.9. The first-order valence-corrected chi connectivity index (χ1v) is 8.65. The molecule has 2 aromatic heterocycles. The van der Waals surface area contributed by atoms with Gasteiger partial charge in [0, 0.05) is 28.0 Å². The Hall–Kier alpha value is -2.28. The molecule has 0 atom stereocenters. The predicted octanol–water partition coefficient (Wildman–Crippen LogP) is 4.39. The maximum absolute atomic E-state index is 5.46. The van der Waals surface area contributed by atoms with Crippen LogP contribution in [-0.2, 0) is 0 Å². The van der Waals surface area contributed by atoms with E-state index in [0.29, 0.717) is 11.5 Å². The summed E-state index contributed by atoms with van der Waals surface area (Å²) in [6, 6.07) is 3.81. The highest BCUT2D eigenvalue weighted by Gasteiger charge is 2.22. The van der Waals surface area contributed by atoms with Gasteiger partial charge >= 0.3 is 0 Å². The average Bonchev–Trinajstić information content (AvgIpc) is 2.91. The SMILES string of the molecule is COc1cc(Br)c(-c2nc3cnccn3c2NC(C)(C)C)cc1OC. The van der Waals surface area contributed by atoms with Gasteiger partial charge in [-0.3, -0.25) is 9.38 Å². The van der Waals surface area contributed by atoms with Crippen molar-refractivity contribution < 1.29 is 9.47 Å². The fraction of sp³-hybridized carbons (Fsp3) is 0.333. The number of hydrogen-bond donors (Lipinski definition) is 1. The lowest BCUT2D eigenvalue weighted by molar-refractivity contribution is 0.355. The van der Waals surface area contributed by atoms with Gasteiger partial charge in [0.2, 0.25) is 0 Å². The van der Waals surface area contributed by atoms with Crippen LogP contribution in [0.25, 0.3) is 16.9 Å². The van der Waals surface area contributed by atoms with Crippen LogP contribution in [0.4, 0.5) is 5.82 Å². The Balaban J connectivity index is 2.27. The molecule has 25 heavy (non-hydrogen) atoms. The minimum atomic E-state index is -0.128. The molecule has 3 rings (SSSR count). The summed E-state index contributed by atoms with van der Waals surface area (Å²) in [7, 11) is 3.24. The van der Waals surface area contributed by atoms with Crippen molar-refractivity contribution in [2.75, 3.05) is 19.5 Å². The third kappa shape index (κ3) is 3.42. The molecule has 6 nitrogen and oxygen atoms in total. The molecule has 1 N–H and O–H groups in total. The Bertz CT molecular complexity index is 915. The van der Waals surface area contributed by atoms with Crippen molar-refractivity contribution in [2.24, 2.45) is 0 Å². The van der Waals surface area contributed by atoms with Gasteiger partial charge in [0.05, 0.1) is 20.4 Å². The number of rotatable bonds is 4. The number of fused-ring (bicyclic) bond motifs is 1. The quantitative estimate of drug-likeness (QED) is 0.698. The van der Waals surface area contributed by atoms with E-state index in [-0.39, 0.29) is 5.54 Å². The van der Waals surface area contributed by atoms with Crippen molar-refractivity contribution in [1.82, 2.24) is 14.4 Å². The van der Waals surface area contributed by atoms with Gasteiger partial charge in [0.1, 0.15) is 11.5 Å². The standard InChI is InChI=1S/C18H21BrN4O2/c1-18(2,3)22-17-16(21-15-10-20-6-7-23(15)17)11-8-13(24-4)14(25-5)9-12(11)19/h6-10,22H,1-5H3. The molecule has 0 aliphatic heterocycles. The normalized spacial score (nSPS) is 11.6. The molecule has 2 heterocycles. The van der Waals surface area contributed by atoms with Crippen LogP contribution in [0.2, 0.25) is 0 Å². The number of halogens is 1. The lowest BCUT2D eigenvalue weighted by Gasteiger charge is -2.23. The van der Waals surface area contributed by atoms with Crippen LogP contribution in [-0.4, -0.2) is 34.1 Å². The molecule has 0 saturated carbocycles. The second-order valence-electron chi connectivity index (χ2n) is 6.68. The summed E-state index contributed by atoms with van der Waals surface area (Å²) in [6.07, 6.45) is 5.39. The predicted molar refractivity (Wildman–Crippen MR) is 103 cm³/mol. The van der Waals surface area contributed by atoms with E-state index in [1.165, 1.54) is 0 Å². The molecule has 132 valence electrons. The van der Waals surface area contributed by atoms with Gasteiger partial charge in [-0.2, -0.15) is 0 Å². The van der Waals surface area contributed by atoms with Gasteiger partial charge in [-0.15, -0.1) is 0 Å². The van der Waals surface area contributed by atoms with Gasteiger partial charge in [-0.1, -0.05) is 0 Å². The summed E-state index contributed by atoms with van der Waals surface area (Å²) in [6.45, 7) is 6.34. The van der Waals surface area contributed by atoms with Crippen LogP contribution < -0.4 is 14.8 Å². The van der Waals surface area contributed by atoms with Gasteiger partial charge < -0.3 is 14.8 Å². The third-order valence-corrected chi connectivity index (χ3v) is 4.31. The van der Waals surface area contributed by atoms with Crippen LogP contribution in [0, 0.1) is 0 Å². The number of hydrogen-bond acceptors (Lipinski definition) is 5. The number of nitrogens with one attached hydrogen (secondary N) is 1. The Kier molecular flexibility index (Phi) is 4.60. The number of imidazole rings is 1. The summed E-state index contributed by atoms with van der Waals surface area (Å²) in [5.41, 5.74) is 2.37. The maximum atomic E-state index is 5.46. The fourth-order valence-electron chi connectivity index (χ4n) is 2.60. The van der Waals surface area contributed by atoms with E-state index < -0.39 is 0 Å². The number of benzene rings is 1. The molecule has 3 aromatic rings. The molecule has 0 amide bonds. The highest BCUT2D eigenvalue weighted by Crippen LogP contribution is 2.41. The minimum absolute atomic E-state index is 0.128. The van der Waals surface area contributed by atoms with Gasteiger partial charge in [0.25, 0.3) is 0 Å². The topological polar surface area (TPSA) is 60.7 Å². The summed E-state index contributed by atoms with van der Waals surface area (Å²) in [5, 5.41) is 3.54. The molecule has 0 aliphatic rings. The van der Waals surface area contributed by atoms with Crippen LogP contribution in [0.15, 0.2) is 35.2 Å². The van der Waals surface area contributed by atoms with E-state index in [1.54, 1.807) is 26.6 Å². The number of aromatic nitrogens is 3. The van der Waals surface area contributed by atoms with Crippen molar-refractivity contribution in [1.29, 1.82) is 0 Å². The first-order valence-electron chi connectivity index (χ1n) is 7.86. The fourth-order valence-corrected chi connectivity index (χ4v) is 3.12. The van der Waals surface area contributed by atoms with Crippen molar-refractivity contribution in [3.8, 4) is 22.8 Å². The zero-order chi connectivity index (χ0) is 18.2. The van der Waals surface area contributed by atoms with E-state index in [0.717, 1.165) is 27.2 Å². The van der Waals surface area contributed by atoms with Crippen LogP contribution >= 0.6 is 15.9 Å². The van der Waals surface area contributed by atoms with Gasteiger partial charge in [-0.05, 0) is 48.8 Å². The number of ether oxygens (including phenoxy) is 2. The van der Waals surface area contributed by atoms with E-state index in [2.05, 4.69) is 47.0 Å². The Morgan fingerprint density at radius 1 is 1.12 bits per heavy atom. The lowest BCUT2D eigenvalue weighted by atomic mass is 10.1. The highest BCUT2D eigenvalue weighted by molar-refractivity contribution is 9.10. The molecule has 0 fully saturated rings. The second-order valence-corrected chi connectivity index (χ2v) is 7.53. The van der Waals surface area contributed by atoms with Crippen molar-refractivity contribution in [2.45, 2.75) is 26.3 Å². The molecule has 0 radical (unpaired) electrons. The average molecular weight is 405 g/mol. The third-order valence-electron chi connectivity index (χ3n) is 3.65. The minimum Gasteiger partial charge on any atom is -0.493 e. The first kappa shape index (κ1) is 17.5. The molecule has 0 unspecified atom stereocenters. The summed E-state index contributed by atoms with van der Waals surface area (Å²) in [4.78, 5) is 8.94. The molecular formula is C18H21BrN4O2. The van der Waals surface area contributed by atoms with E-state index in [9.17, 15) is 0 Å². The Morgan fingerprint density at radius 2 is 1.80 bits per heavy atom. The smallest absolute Gasteiger partial charge is 0.161 e. The monoisotopic (exact) mass is 404 g/mol. The van der Waals surface area contributed by atoms with Crippen LogP contribution in [0.1, 0.15) is 20.8 Å². The second kappa shape index (κ2) is 6.55. The molecule has 0 bridgehead atoms. The van der Waals surface area contributed by atoms with Crippen molar-refractivity contribution in [3.05, 3.63) is 35.2 Å². The molecule has 0 aliphatic carbocycles. The van der Waals surface area contributed by atoms with Crippen molar-refractivity contribution >= 4 is 27.4 Å². The first-order chi connectivity index (χ1) is 11.8. The van der Waals surface area contributed by atoms with Gasteiger partial charge in [0.15, 0.2) is 17.1 Å². The summed E-state index contributed by atoms with van der Waals surface area (Å²) >= 11 is 3.63. The molecule has 1 aromatic carbocycles. The van der Waals surface area contributed by atoms with E-state index >= 15 is 0 Å². The van der Waals surface area contributed by atoms with Crippen LogP contribution in [0.3, 0.4) is 0 Å². The molecule has 7 heteroatoms. The summed E-state index contributed by atoms with van der Waals surface area (Å²) < 4.78 is 13.7. The lowest BCUT2D eigenvalue weighted by Crippen LogP contribution is -2.27. The van der Waals surface area contributed by atoms with E-state index in [1.807, 2.05) is 22.7 Å². The number of nitrogens with zero attached hydrogens (tertiary/aromatic N) is 3. The Labute approximate surface area is 155 Å². The summed E-state index contributed by atoms with van der Waals surface area (Å²) in [5.74, 6) is 2.21. The van der Waals surface area contributed by atoms with E-state index in [4.69, 9.17) is 14.5 Å². The molecular weight excluding hydrogens is 384 g/mol. The Morgan fingerprint density at radius 3 is 2.44 bits per heavy atom. The zero-order valence-corrected chi connectivity index (χ0v) is 16.5. The van der Waals surface area contributed by atoms with Gasteiger partial charge in [-0.25, -0.2) is 4.98 Å². The molecule has 0 spiro atoms.